The Morgan fingerprint density at radius 2 is 1.91 bits per heavy atom. The van der Waals surface area contributed by atoms with Crippen molar-refractivity contribution in [3.05, 3.63) is 12.3 Å². The first-order valence-electron chi connectivity index (χ1n) is 3.76. The van der Waals surface area contributed by atoms with Crippen LogP contribution in [0.4, 0.5) is 0 Å². The summed E-state index contributed by atoms with van der Waals surface area (Å²) in [5.74, 6) is 0. The number of nitrogens with one attached hydrogen (secondary N) is 1. The van der Waals surface area contributed by atoms with Crippen molar-refractivity contribution in [2.75, 3.05) is 6.54 Å². The van der Waals surface area contributed by atoms with Gasteiger partial charge in [-0.05, 0) is 12.3 Å². The Morgan fingerprint density at radius 1 is 1.45 bits per heavy atom. The quantitative estimate of drug-likeness (QED) is 0.655. The van der Waals surface area contributed by atoms with Gasteiger partial charge in [-0.25, -0.2) is 0 Å². The predicted octanol–water partition coefficient (Wildman–Crippen LogP) is 2.53. The zero-order valence-electron chi connectivity index (χ0n) is 7.82. The standard InChI is InChI=1S/C9H17NS/c1-7(2)10-6-8(11)9(3,4)5/h10H,1,6H2,2-5H3. The first-order chi connectivity index (χ1) is 4.84. The molecule has 1 nitrogen and oxygen atoms in total. The molecule has 0 saturated heterocycles. The van der Waals surface area contributed by atoms with Crippen molar-refractivity contribution in [3.8, 4) is 0 Å². The predicted molar refractivity (Wildman–Crippen MR) is 54.9 cm³/mol. The molecule has 0 aliphatic rings. The van der Waals surface area contributed by atoms with Crippen LogP contribution in [-0.2, 0) is 0 Å². The van der Waals surface area contributed by atoms with E-state index in [9.17, 15) is 0 Å². The highest BCUT2D eigenvalue weighted by molar-refractivity contribution is 7.80. The number of hydrogen-bond donors (Lipinski definition) is 1. The second-order valence-corrected chi connectivity index (χ2v) is 4.30. The Labute approximate surface area is 74.9 Å². The lowest BCUT2D eigenvalue weighted by atomic mass is 9.92. The van der Waals surface area contributed by atoms with Crippen LogP contribution in [0.15, 0.2) is 12.3 Å². The molecule has 0 atom stereocenters. The zero-order chi connectivity index (χ0) is 9.07. The van der Waals surface area contributed by atoms with Crippen molar-refractivity contribution in [3.63, 3.8) is 0 Å². The molecule has 0 rings (SSSR count). The molecule has 0 fully saturated rings. The molecule has 64 valence electrons. The molecule has 0 unspecified atom stereocenters. The summed E-state index contributed by atoms with van der Waals surface area (Å²) in [4.78, 5) is 1.04. The van der Waals surface area contributed by atoms with Gasteiger partial charge in [-0.3, -0.25) is 0 Å². The van der Waals surface area contributed by atoms with Gasteiger partial charge in [0.2, 0.25) is 0 Å². The lowest BCUT2D eigenvalue weighted by molar-refractivity contribution is 0.588. The van der Waals surface area contributed by atoms with Crippen LogP contribution in [0.25, 0.3) is 0 Å². The third kappa shape index (κ3) is 4.96. The van der Waals surface area contributed by atoms with Crippen LogP contribution in [-0.4, -0.2) is 11.4 Å². The van der Waals surface area contributed by atoms with E-state index in [2.05, 4.69) is 32.7 Å². The van der Waals surface area contributed by atoms with Gasteiger partial charge < -0.3 is 5.32 Å². The topological polar surface area (TPSA) is 12.0 Å². The van der Waals surface area contributed by atoms with Crippen molar-refractivity contribution in [1.29, 1.82) is 0 Å². The molecule has 0 aliphatic heterocycles. The van der Waals surface area contributed by atoms with Gasteiger partial charge in [0, 0.05) is 17.1 Å². The molecule has 0 bridgehead atoms. The van der Waals surface area contributed by atoms with Gasteiger partial charge in [-0.1, -0.05) is 39.6 Å². The van der Waals surface area contributed by atoms with Gasteiger partial charge in [0.05, 0.1) is 0 Å². The minimum absolute atomic E-state index is 0.123. The molecule has 0 radical (unpaired) electrons. The Balaban J connectivity index is 3.80. The highest BCUT2D eigenvalue weighted by Crippen LogP contribution is 2.15. The molecule has 0 amide bonds. The minimum atomic E-state index is 0.123. The molecule has 11 heavy (non-hydrogen) atoms. The average Bonchev–Trinajstić information content (AvgIpc) is 1.80. The maximum absolute atomic E-state index is 5.21. The van der Waals surface area contributed by atoms with Crippen LogP contribution in [0, 0.1) is 5.41 Å². The molecule has 0 heterocycles. The van der Waals surface area contributed by atoms with Crippen molar-refractivity contribution in [1.82, 2.24) is 5.32 Å². The molecule has 0 spiro atoms. The molecule has 0 aromatic rings. The first kappa shape index (κ1) is 10.6. The fraction of sp³-hybridized carbons (Fsp3) is 0.667. The first-order valence-corrected chi connectivity index (χ1v) is 4.17. The van der Waals surface area contributed by atoms with Crippen molar-refractivity contribution in [2.24, 2.45) is 5.41 Å². The molecule has 0 saturated carbocycles. The summed E-state index contributed by atoms with van der Waals surface area (Å²) in [6.45, 7) is 12.8. The lowest BCUT2D eigenvalue weighted by Crippen LogP contribution is -2.29. The van der Waals surface area contributed by atoms with Gasteiger partial charge in [-0.15, -0.1) is 0 Å². The van der Waals surface area contributed by atoms with E-state index in [0.29, 0.717) is 0 Å². The van der Waals surface area contributed by atoms with E-state index >= 15 is 0 Å². The number of thiocarbonyl (C=S) groups is 1. The Kier molecular flexibility index (Phi) is 3.73. The summed E-state index contributed by atoms with van der Waals surface area (Å²) in [6.07, 6.45) is 0. The molecular formula is C9H17NS. The fourth-order valence-electron chi connectivity index (χ4n) is 0.496. The third-order valence-corrected chi connectivity index (χ3v) is 2.14. The van der Waals surface area contributed by atoms with Crippen LogP contribution >= 0.6 is 12.2 Å². The minimum Gasteiger partial charge on any atom is -0.384 e. The number of rotatable bonds is 3. The monoisotopic (exact) mass is 171 g/mol. The summed E-state index contributed by atoms with van der Waals surface area (Å²) in [5, 5.41) is 3.12. The van der Waals surface area contributed by atoms with Gasteiger partial charge >= 0.3 is 0 Å². The molecule has 2 heteroatoms. The van der Waals surface area contributed by atoms with Gasteiger partial charge in [0.15, 0.2) is 0 Å². The van der Waals surface area contributed by atoms with E-state index in [0.717, 1.165) is 17.1 Å². The van der Waals surface area contributed by atoms with E-state index in [1.165, 1.54) is 0 Å². The van der Waals surface area contributed by atoms with Crippen molar-refractivity contribution >= 4 is 17.1 Å². The van der Waals surface area contributed by atoms with Crippen molar-refractivity contribution in [2.45, 2.75) is 27.7 Å². The van der Waals surface area contributed by atoms with E-state index in [1.807, 2.05) is 6.92 Å². The summed E-state index contributed by atoms with van der Waals surface area (Å²) in [7, 11) is 0. The smallest absolute Gasteiger partial charge is 0.0465 e. The Morgan fingerprint density at radius 3 is 2.18 bits per heavy atom. The largest absolute Gasteiger partial charge is 0.384 e. The van der Waals surface area contributed by atoms with Crippen LogP contribution in [0.2, 0.25) is 0 Å². The maximum Gasteiger partial charge on any atom is 0.0465 e. The molecule has 0 aliphatic carbocycles. The lowest BCUT2D eigenvalue weighted by Gasteiger charge is -2.20. The second kappa shape index (κ2) is 3.86. The summed E-state index contributed by atoms with van der Waals surface area (Å²) in [5.41, 5.74) is 1.09. The normalized spacial score (nSPS) is 10.9. The molecule has 1 N–H and O–H groups in total. The maximum atomic E-state index is 5.21. The fourth-order valence-corrected chi connectivity index (χ4v) is 0.569. The highest BCUT2D eigenvalue weighted by atomic mass is 32.1. The van der Waals surface area contributed by atoms with Gasteiger partial charge in [0.1, 0.15) is 0 Å². The van der Waals surface area contributed by atoms with Crippen LogP contribution in [0.1, 0.15) is 27.7 Å². The zero-order valence-corrected chi connectivity index (χ0v) is 8.64. The molecular weight excluding hydrogens is 154 g/mol. The van der Waals surface area contributed by atoms with Crippen LogP contribution in [0.3, 0.4) is 0 Å². The van der Waals surface area contributed by atoms with Crippen molar-refractivity contribution < 1.29 is 0 Å². The van der Waals surface area contributed by atoms with E-state index in [1.54, 1.807) is 0 Å². The summed E-state index contributed by atoms with van der Waals surface area (Å²) in [6, 6.07) is 0. The van der Waals surface area contributed by atoms with E-state index in [-0.39, 0.29) is 5.41 Å². The Bertz CT molecular complexity index is 165. The van der Waals surface area contributed by atoms with Gasteiger partial charge in [0.25, 0.3) is 0 Å². The third-order valence-electron chi connectivity index (χ3n) is 1.39. The SMILES string of the molecule is C=C(C)NCC(=S)C(C)(C)C. The van der Waals surface area contributed by atoms with Crippen LogP contribution in [0.5, 0.6) is 0 Å². The summed E-state index contributed by atoms with van der Waals surface area (Å²) < 4.78 is 0. The van der Waals surface area contributed by atoms with Gasteiger partial charge in [-0.2, -0.15) is 0 Å². The number of allylic oxidation sites excluding steroid dienone is 1. The highest BCUT2D eigenvalue weighted by Gasteiger charge is 2.15. The molecule has 0 aromatic carbocycles. The van der Waals surface area contributed by atoms with E-state index in [4.69, 9.17) is 12.2 Å². The number of hydrogen-bond acceptors (Lipinski definition) is 2. The van der Waals surface area contributed by atoms with Crippen LogP contribution < -0.4 is 5.32 Å². The average molecular weight is 171 g/mol. The summed E-state index contributed by atoms with van der Waals surface area (Å²) >= 11 is 5.21. The second-order valence-electron chi connectivity index (χ2n) is 3.81. The molecule has 0 aromatic heterocycles. The Hall–Kier alpha value is -0.370. The van der Waals surface area contributed by atoms with E-state index < -0.39 is 0 Å².